The summed E-state index contributed by atoms with van der Waals surface area (Å²) in [7, 11) is 1.91. The molecule has 1 aliphatic heterocycles. The van der Waals surface area contributed by atoms with Crippen LogP contribution in [0.25, 0.3) is 0 Å². The second-order valence-corrected chi connectivity index (χ2v) is 7.89. The van der Waals surface area contributed by atoms with Crippen molar-refractivity contribution < 1.29 is 9.90 Å². The summed E-state index contributed by atoms with van der Waals surface area (Å²) in [5.74, 6) is 1.71. The third kappa shape index (κ3) is 4.61. The number of hydrogen-bond donors (Lipinski definition) is 2. The average Bonchev–Trinajstić information content (AvgIpc) is 3.03. The van der Waals surface area contributed by atoms with Gasteiger partial charge in [-0.25, -0.2) is 4.98 Å². The Labute approximate surface area is 150 Å². The fourth-order valence-corrected chi connectivity index (χ4v) is 4.29. The van der Waals surface area contributed by atoms with Gasteiger partial charge in [0.1, 0.15) is 11.9 Å². The Kier molecular flexibility index (Phi) is 6.12. The number of carbonyl (C=O) groups excluding carboxylic acids is 1. The van der Waals surface area contributed by atoms with E-state index in [1.165, 1.54) is 19.3 Å². The van der Waals surface area contributed by atoms with E-state index < -0.39 is 6.10 Å². The summed E-state index contributed by atoms with van der Waals surface area (Å²) in [4.78, 5) is 18.8. The van der Waals surface area contributed by atoms with E-state index in [0.717, 1.165) is 38.2 Å². The Balaban J connectivity index is 1.43. The van der Waals surface area contributed by atoms with Crippen molar-refractivity contribution in [1.29, 1.82) is 0 Å². The second-order valence-electron chi connectivity index (χ2n) is 7.89. The van der Waals surface area contributed by atoms with Crippen LogP contribution >= 0.6 is 0 Å². The van der Waals surface area contributed by atoms with E-state index in [4.69, 9.17) is 0 Å². The van der Waals surface area contributed by atoms with Crippen LogP contribution in [-0.4, -0.2) is 51.1 Å². The topological polar surface area (TPSA) is 70.4 Å². The molecule has 0 radical (unpaired) electrons. The number of likely N-dealkylation sites (tertiary alicyclic amines) is 1. The first kappa shape index (κ1) is 18.4. The van der Waals surface area contributed by atoms with Gasteiger partial charge in [-0.1, -0.05) is 19.8 Å². The van der Waals surface area contributed by atoms with Crippen molar-refractivity contribution >= 4 is 5.91 Å². The molecule has 6 heteroatoms. The molecule has 2 fully saturated rings. The minimum atomic E-state index is -0.515. The molecule has 2 heterocycles. The number of aromatic nitrogens is 2. The average molecular weight is 348 g/mol. The highest BCUT2D eigenvalue weighted by Crippen LogP contribution is 2.29. The normalized spacial score (nSPS) is 27.2. The van der Waals surface area contributed by atoms with Gasteiger partial charge >= 0.3 is 0 Å². The van der Waals surface area contributed by atoms with Crippen molar-refractivity contribution in [2.75, 3.05) is 19.6 Å². The first-order valence-corrected chi connectivity index (χ1v) is 9.71. The van der Waals surface area contributed by atoms with Gasteiger partial charge in [-0.15, -0.1) is 0 Å². The zero-order valence-corrected chi connectivity index (χ0v) is 15.5. The summed E-state index contributed by atoms with van der Waals surface area (Å²) in [6.07, 6.45) is 9.74. The van der Waals surface area contributed by atoms with Crippen LogP contribution < -0.4 is 5.32 Å². The highest BCUT2D eigenvalue weighted by Gasteiger charge is 2.29. The van der Waals surface area contributed by atoms with Gasteiger partial charge in [0.25, 0.3) is 0 Å². The summed E-state index contributed by atoms with van der Waals surface area (Å²) in [6, 6.07) is 0.351. The number of imidazole rings is 1. The molecule has 1 aromatic heterocycles. The molecule has 6 nitrogen and oxygen atoms in total. The van der Waals surface area contributed by atoms with Crippen LogP contribution in [0.4, 0.5) is 0 Å². The lowest BCUT2D eigenvalue weighted by Gasteiger charge is -2.34. The van der Waals surface area contributed by atoms with E-state index in [2.05, 4.69) is 22.1 Å². The summed E-state index contributed by atoms with van der Waals surface area (Å²) in [5.41, 5.74) is 0. The Morgan fingerprint density at radius 2 is 2.04 bits per heavy atom. The van der Waals surface area contributed by atoms with E-state index in [-0.39, 0.29) is 11.8 Å². The van der Waals surface area contributed by atoms with E-state index in [9.17, 15) is 9.90 Å². The van der Waals surface area contributed by atoms with Gasteiger partial charge in [0.2, 0.25) is 5.91 Å². The molecule has 3 unspecified atom stereocenters. The molecule has 2 aliphatic rings. The number of rotatable bonds is 5. The van der Waals surface area contributed by atoms with E-state index in [0.29, 0.717) is 18.5 Å². The molecule has 3 rings (SSSR count). The van der Waals surface area contributed by atoms with Crippen LogP contribution in [0.3, 0.4) is 0 Å². The number of amides is 1. The molecule has 1 saturated heterocycles. The number of piperidine rings is 1. The number of nitrogens with one attached hydrogen (secondary N) is 1. The van der Waals surface area contributed by atoms with Crippen molar-refractivity contribution in [3.05, 3.63) is 18.2 Å². The van der Waals surface area contributed by atoms with Crippen LogP contribution in [0.5, 0.6) is 0 Å². The molecule has 1 amide bonds. The van der Waals surface area contributed by atoms with E-state index >= 15 is 0 Å². The Morgan fingerprint density at radius 3 is 2.68 bits per heavy atom. The zero-order chi connectivity index (χ0) is 17.8. The largest absolute Gasteiger partial charge is 0.385 e. The first-order chi connectivity index (χ1) is 12.0. The SMILES string of the molecule is CC1CCCCC1NC(=O)CN1CCC(C(O)c2nccn2C)CC1. The van der Waals surface area contributed by atoms with Gasteiger partial charge in [-0.05, 0) is 50.6 Å². The van der Waals surface area contributed by atoms with Gasteiger partial charge in [0, 0.05) is 25.5 Å². The van der Waals surface area contributed by atoms with Crippen molar-refractivity contribution in [3.63, 3.8) is 0 Å². The van der Waals surface area contributed by atoms with Gasteiger partial charge < -0.3 is 15.0 Å². The number of aryl methyl sites for hydroxylation is 1. The van der Waals surface area contributed by atoms with Crippen molar-refractivity contribution in [2.45, 2.75) is 57.6 Å². The zero-order valence-electron chi connectivity index (χ0n) is 15.5. The van der Waals surface area contributed by atoms with E-state index in [1.807, 2.05) is 17.8 Å². The van der Waals surface area contributed by atoms with Gasteiger partial charge in [-0.3, -0.25) is 9.69 Å². The minimum Gasteiger partial charge on any atom is -0.385 e. The fraction of sp³-hybridized carbons (Fsp3) is 0.789. The van der Waals surface area contributed by atoms with Crippen molar-refractivity contribution in [2.24, 2.45) is 18.9 Å². The van der Waals surface area contributed by atoms with Gasteiger partial charge in [0.05, 0.1) is 6.54 Å². The molecule has 0 spiro atoms. The lowest BCUT2D eigenvalue weighted by Crippen LogP contribution is -2.47. The molecule has 25 heavy (non-hydrogen) atoms. The van der Waals surface area contributed by atoms with Gasteiger partial charge in [0.15, 0.2) is 0 Å². The Morgan fingerprint density at radius 1 is 1.32 bits per heavy atom. The standard InChI is InChI=1S/C19H32N4O2/c1-14-5-3-4-6-16(14)21-17(24)13-23-10-7-15(8-11-23)18(25)19-20-9-12-22(19)2/h9,12,14-16,18,25H,3-8,10-11,13H2,1-2H3,(H,21,24). The van der Waals surface area contributed by atoms with Crippen LogP contribution in [-0.2, 0) is 11.8 Å². The quantitative estimate of drug-likeness (QED) is 0.852. The number of aliphatic hydroxyl groups excluding tert-OH is 1. The molecule has 140 valence electrons. The predicted molar refractivity (Wildman–Crippen MR) is 96.9 cm³/mol. The highest BCUT2D eigenvalue weighted by atomic mass is 16.3. The molecule has 3 atom stereocenters. The number of nitrogens with zero attached hydrogens (tertiary/aromatic N) is 3. The van der Waals surface area contributed by atoms with Crippen molar-refractivity contribution in [1.82, 2.24) is 19.8 Å². The second kappa shape index (κ2) is 8.32. The fourth-order valence-electron chi connectivity index (χ4n) is 4.29. The minimum absolute atomic E-state index is 0.154. The highest BCUT2D eigenvalue weighted by molar-refractivity contribution is 5.78. The molecule has 0 bridgehead atoms. The maximum absolute atomic E-state index is 12.4. The molecule has 1 aliphatic carbocycles. The summed E-state index contributed by atoms with van der Waals surface area (Å²) in [6.45, 7) is 4.45. The third-order valence-corrected chi connectivity index (χ3v) is 6.03. The number of hydrogen-bond acceptors (Lipinski definition) is 4. The van der Waals surface area contributed by atoms with Crippen LogP contribution in [0.15, 0.2) is 12.4 Å². The molecule has 1 aromatic rings. The van der Waals surface area contributed by atoms with Crippen molar-refractivity contribution in [3.8, 4) is 0 Å². The molecule has 0 aromatic carbocycles. The summed E-state index contributed by atoms with van der Waals surface area (Å²) in [5, 5.41) is 13.8. The van der Waals surface area contributed by atoms with Gasteiger partial charge in [-0.2, -0.15) is 0 Å². The monoisotopic (exact) mass is 348 g/mol. The predicted octanol–water partition coefficient (Wildman–Crippen LogP) is 1.86. The first-order valence-electron chi connectivity index (χ1n) is 9.71. The lowest BCUT2D eigenvalue weighted by atomic mass is 9.86. The lowest BCUT2D eigenvalue weighted by molar-refractivity contribution is -0.124. The van der Waals surface area contributed by atoms with E-state index in [1.54, 1.807) is 6.20 Å². The van der Waals surface area contributed by atoms with Crippen LogP contribution in [0.2, 0.25) is 0 Å². The van der Waals surface area contributed by atoms with Crippen LogP contribution in [0, 0.1) is 11.8 Å². The number of aliphatic hydroxyl groups is 1. The maximum atomic E-state index is 12.4. The summed E-state index contributed by atoms with van der Waals surface area (Å²) >= 11 is 0. The Bertz CT molecular complexity index is 566. The molecule has 1 saturated carbocycles. The Hall–Kier alpha value is -1.40. The molecular formula is C19H32N4O2. The number of carbonyl (C=O) groups is 1. The molecule has 2 N–H and O–H groups in total. The third-order valence-electron chi connectivity index (χ3n) is 6.03. The molecular weight excluding hydrogens is 316 g/mol. The smallest absolute Gasteiger partial charge is 0.234 e. The maximum Gasteiger partial charge on any atom is 0.234 e. The van der Waals surface area contributed by atoms with Crippen LogP contribution in [0.1, 0.15) is 57.4 Å². The summed E-state index contributed by atoms with van der Waals surface area (Å²) < 4.78 is 1.88.